The standard InChI is InChI=1S/C13H23NO2S/c1-10-3-2-5-13(16,7-10)9-14-12(15)11-4-6-17-8-11/h10-11,16H,2-9H2,1H3,(H,14,15). The number of nitrogens with one attached hydrogen (secondary N) is 1. The molecule has 3 unspecified atom stereocenters. The second-order valence-electron chi connectivity index (χ2n) is 5.70. The van der Waals surface area contributed by atoms with Gasteiger partial charge >= 0.3 is 0 Å². The molecule has 2 fully saturated rings. The van der Waals surface area contributed by atoms with Crippen molar-refractivity contribution in [2.45, 2.75) is 44.6 Å². The number of aliphatic hydroxyl groups is 1. The lowest BCUT2D eigenvalue weighted by atomic mass is 9.79. The van der Waals surface area contributed by atoms with E-state index in [0.717, 1.165) is 37.2 Å². The van der Waals surface area contributed by atoms with Crippen LogP contribution in [0.5, 0.6) is 0 Å². The Morgan fingerprint density at radius 3 is 3.00 bits per heavy atom. The van der Waals surface area contributed by atoms with Crippen LogP contribution in [0.15, 0.2) is 0 Å². The zero-order chi connectivity index (χ0) is 12.3. The van der Waals surface area contributed by atoms with Gasteiger partial charge in [-0.3, -0.25) is 4.79 Å². The summed E-state index contributed by atoms with van der Waals surface area (Å²) in [5.74, 6) is 2.93. The van der Waals surface area contributed by atoms with Gasteiger partial charge in [0, 0.05) is 18.2 Å². The van der Waals surface area contributed by atoms with E-state index in [1.165, 1.54) is 6.42 Å². The molecule has 17 heavy (non-hydrogen) atoms. The molecular weight excluding hydrogens is 234 g/mol. The zero-order valence-electron chi connectivity index (χ0n) is 10.6. The lowest BCUT2D eigenvalue weighted by molar-refractivity contribution is -0.126. The Hall–Kier alpha value is -0.220. The molecule has 1 saturated heterocycles. The van der Waals surface area contributed by atoms with E-state index in [0.29, 0.717) is 12.5 Å². The summed E-state index contributed by atoms with van der Waals surface area (Å²) in [6.45, 7) is 2.62. The summed E-state index contributed by atoms with van der Waals surface area (Å²) in [5, 5.41) is 13.4. The molecule has 3 atom stereocenters. The molecule has 1 aliphatic carbocycles. The van der Waals surface area contributed by atoms with Gasteiger partial charge in [0.2, 0.25) is 5.91 Å². The van der Waals surface area contributed by atoms with Crippen LogP contribution in [0, 0.1) is 11.8 Å². The number of carbonyl (C=O) groups is 1. The summed E-state index contributed by atoms with van der Waals surface area (Å²) in [6.07, 6.45) is 4.93. The normalized spacial score (nSPS) is 38.0. The number of thioether (sulfide) groups is 1. The van der Waals surface area contributed by atoms with Crippen molar-refractivity contribution in [1.82, 2.24) is 5.32 Å². The van der Waals surface area contributed by atoms with Gasteiger partial charge in [-0.25, -0.2) is 0 Å². The summed E-state index contributed by atoms with van der Waals surface area (Å²) >= 11 is 1.85. The summed E-state index contributed by atoms with van der Waals surface area (Å²) in [7, 11) is 0. The van der Waals surface area contributed by atoms with Crippen molar-refractivity contribution in [3.63, 3.8) is 0 Å². The molecule has 3 nitrogen and oxygen atoms in total. The Kier molecular flexibility index (Phi) is 4.36. The Morgan fingerprint density at radius 2 is 2.35 bits per heavy atom. The number of rotatable bonds is 3. The zero-order valence-corrected chi connectivity index (χ0v) is 11.4. The van der Waals surface area contributed by atoms with Crippen molar-refractivity contribution >= 4 is 17.7 Å². The molecule has 0 radical (unpaired) electrons. The fourth-order valence-corrected chi connectivity index (χ4v) is 4.15. The fraction of sp³-hybridized carbons (Fsp3) is 0.923. The molecule has 0 aromatic rings. The van der Waals surface area contributed by atoms with Gasteiger partial charge in [-0.1, -0.05) is 19.8 Å². The quantitative estimate of drug-likeness (QED) is 0.810. The average Bonchev–Trinajstić information content (AvgIpc) is 2.79. The van der Waals surface area contributed by atoms with E-state index < -0.39 is 5.60 Å². The van der Waals surface area contributed by atoms with Gasteiger partial charge in [0.15, 0.2) is 0 Å². The first-order valence-electron chi connectivity index (χ1n) is 6.67. The molecule has 0 aromatic carbocycles. The molecule has 1 heterocycles. The van der Waals surface area contributed by atoms with E-state index >= 15 is 0 Å². The Bertz CT molecular complexity index is 279. The molecule has 1 saturated carbocycles. The molecule has 1 aliphatic heterocycles. The van der Waals surface area contributed by atoms with E-state index in [4.69, 9.17) is 0 Å². The predicted molar refractivity (Wildman–Crippen MR) is 71.0 cm³/mol. The van der Waals surface area contributed by atoms with Gasteiger partial charge in [-0.15, -0.1) is 0 Å². The van der Waals surface area contributed by atoms with Gasteiger partial charge in [-0.2, -0.15) is 11.8 Å². The van der Waals surface area contributed by atoms with Crippen LogP contribution in [0.25, 0.3) is 0 Å². The number of hydrogen-bond donors (Lipinski definition) is 2. The van der Waals surface area contributed by atoms with Crippen molar-refractivity contribution in [3.8, 4) is 0 Å². The number of amides is 1. The van der Waals surface area contributed by atoms with Crippen molar-refractivity contribution in [3.05, 3.63) is 0 Å². The van der Waals surface area contributed by atoms with E-state index in [1.807, 2.05) is 11.8 Å². The third-order valence-corrected chi connectivity index (χ3v) is 5.12. The topological polar surface area (TPSA) is 49.3 Å². The molecule has 0 spiro atoms. The van der Waals surface area contributed by atoms with E-state index in [1.54, 1.807) is 0 Å². The van der Waals surface area contributed by atoms with Gasteiger partial charge in [0.05, 0.1) is 5.60 Å². The summed E-state index contributed by atoms with van der Waals surface area (Å²) in [6, 6.07) is 0. The van der Waals surface area contributed by atoms with Crippen LogP contribution in [-0.4, -0.2) is 34.7 Å². The maximum Gasteiger partial charge on any atom is 0.224 e. The second-order valence-corrected chi connectivity index (χ2v) is 6.85. The van der Waals surface area contributed by atoms with Crippen molar-refractivity contribution in [1.29, 1.82) is 0 Å². The van der Waals surface area contributed by atoms with E-state index in [9.17, 15) is 9.90 Å². The highest BCUT2D eigenvalue weighted by Gasteiger charge is 2.33. The monoisotopic (exact) mass is 257 g/mol. The Labute approximate surface area is 108 Å². The summed E-state index contributed by atoms with van der Waals surface area (Å²) in [4.78, 5) is 11.9. The first-order chi connectivity index (χ1) is 8.09. The van der Waals surface area contributed by atoms with Gasteiger partial charge < -0.3 is 10.4 Å². The minimum absolute atomic E-state index is 0.140. The van der Waals surface area contributed by atoms with Crippen LogP contribution >= 0.6 is 11.8 Å². The predicted octanol–water partition coefficient (Wildman–Crippen LogP) is 1.80. The number of hydrogen-bond acceptors (Lipinski definition) is 3. The lowest BCUT2D eigenvalue weighted by Gasteiger charge is -2.35. The van der Waals surface area contributed by atoms with Gasteiger partial charge in [-0.05, 0) is 30.9 Å². The minimum atomic E-state index is -0.654. The lowest BCUT2D eigenvalue weighted by Crippen LogP contribution is -2.47. The molecule has 0 bridgehead atoms. The third kappa shape index (κ3) is 3.62. The minimum Gasteiger partial charge on any atom is -0.388 e. The van der Waals surface area contributed by atoms with Gasteiger partial charge in [0.25, 0.3) is 0 Å². The van der Waals surface area contributed by atoms with Crippen molar-refractivity contribution in [2.24, 2.45) is 11.8 Å². The Morgan fingerprint density at radius 1 is 1.53 bits per heavy atom. The maximum atomic E-state index is 11.9. The van der Waals surface area contributed by atoms with Crippen LogP contribution in [0.1, 0.15) is 39.0 Å². The average molecular weight is 257 g/mol. The molecule has 4 heteroatoms. The molecule has 1 amide bonds. The maximum absolute atomic E-state index is 11.9. The highest BCUT2D eigenvalue weighted by atomic mass is 32.2. The first kappa shape index (κ1) is 13.2. The fourth-order valence-electron chi connectivity index (χ4n) is 2.93. The first-order valence-corrected chi connectivity index (χ1v) is 7.82. The van der Waals surface area contributed by atoms with Gasteiger partial charge in [0.1, 0.15) is 0 Å². The van der Waals surface area contributed by atoms with Crippen molar-refractivity contribution in [2.75, 3.05) is 18.1 Å². The Balaban J connectivity index is 1.78. The van der Waals surface area contributed by atoms with Crippen LogP contribution in [0.2, 0.25) is 0 Å². The molecule has 2 aliphatic rings. The highest BCUT2D eigenvalue weighted by molar-refractivity contribution is 7.99. The van der Waals surface area contributed by atoms with Crippen molar-refractivity contribution < 1.29 is 9.90 Å². The van der Waals surface area contributed by atoms with Crippen LogP contribution in [-0.2, 0) is 4.79 Å². The van der Waals surface area contributed by atoms with Crippen LogP contribution in [0.3, 0.4) is 0 Å². The molecule has 2 N–H and O–H groups in total. The summed E-state index contributed by atoms with van der Waals surface area (Å²) < 4.78 is 0. The summed E-state index contributed by atoms with van der Waals surface area (Å²) in [5.41, 5.74) is -0.654. The smallest absolute Gasteiger partial charge is 0.224 e. The van der Waals surface area contributed by atoms with Crippen LogP contribution < -0.4 is 5.32 Å². The highest BCUT2D eigenvalue weighted by Crippen LogP contribution is 2.32. The molecular formula is C13H23NO2S. The molecule has 98 valence electrons. The van der Waals surface area contributed by atoms with Crippen LogP contribution in [0.4, 0.5) is 0 Å². The molecule has 2 rings (SSSR count). The number of carbonyl (C=O) groups excluding carboxylic acids is 1. The second kappa shape index (κ2) is 5.61. The SMILES string of the molecule is CC1CCCC(O)(CNC(=O)C2CCSC2)C1. The molecule has 0 aromatic heterocycles. The largest absolute Gasteiger partial charge is 0.388 e. The van der Waals surface area contributed by atoms with E-state index in [2.05, 4.69) is 12.2 Å². The van der Waals surface area contributed by atoms with E-state index in [-0.39, 0.29) is 11.8 Å². The third-order valence-electron chi connectivity index (χ3n) is 3.96.